The average molecular weight is 284 g/mol. The summed E-state index contributed by atoms with van der Waals surface area (Å²) in [5, 5.41) is 8.73. The van der Waals surface area contributed by atoms with Crippen LogP contribution in [-0.2, 0) is 0 Å². The van der Waals surface area contributed by atoms with Gasteiger partial charge in [0, 0.05) is 28.6 Å². The van der Waals surface area contributed by atoms with Crippen molar-refractivity contribution in [2.45, 2.75) is 42.9 Å². The van der Waals surface area contributed by atoms with Gasteiger partial charge in [-0.25, -0.2) is 0 Å². The van der Waals surface area contributed by atoms with Crippen LogP contribution in [0.4, 0.5) is 0 Å². The Labute approximate surface area is 125 Å². The average Bonchev–Trinajstić information content (AvgIpc) is 2.51. The van der Waals surface area contributed by atoms with Crippen molar-refractivity contribution in [1.29, 1.82) is 5.26 Å². The predicted octanol–water partition coefficient (Wildman–Crippen LogP) is 5.28. The molecule has 0 N–H and O–H groups in total. The summed E-state index contributed by atoms with van der Waals surface area (Å²) in [5.41, 5.74) is 1.12. The van der Waals surface area contributed by atoms with E-state index in [2.05, 4.69) is 36.2 Å². The van der Waals surface area contributed by atoms with Crippen LogP contribution in [0.5, 0.6) is 0 Å². The third-order valence-corrected chi connectivity index (χ3v) is 3.65. The van der Waals surface area contributed by atoms with Crippen molar-refractivity contribution in [1.82, 2.24) is 4.98 Å². The molecule has 0 aliphatic rings. The molecule has 20 heavy (non-hydrogen) atoms. The molecule has 104 valence electrons. The fraction of sp³-hybridized carbons (Fsp3) is 0.294. The summed E-state index contributed by atoms with van der Waals surface area (Å²) in [6, 6.07) is 14.5. The molecule has 0 aliphatic heterocycles. The number of nitrogens with zero attached hydrogens (tertiary/aromatic N) is 2. The number of hydrogen-bond donors (Lipinski definition) is 0. The lowest BCUT2D eigenvalue weighted by molar-refractivity contribution is 0.779. The summed E-state index contributed by atoms with van der Waals surface area (Å²) in [6.07, 6.45) is 4.23. The molecule has 0 amide bonds. The minimum atomic E-state index is 0.235. The Bertz CT molecular complexity index is 546. The molecule has 2 rings (SSSR count). The fourth-order valence-electron chi connectivity index (χ4n) is 1.64. The van der Waals surface area contributed by atoms with Gasteiger partial charge in [-0.1, -0.05) is 50.7 Å². The Hall–Kier alpha value is -1.79. The maximum Gasteiger partial charge on any atom is 0.0628 e. The second kappa shape index (κ2) is 9.17. The van der Waals surface area contributed by atoms with Crippen LogP contribution in [0.15, 0.2) is 58.6 Å². The van der Waals surface area contributed by atoms with Crippen LogP contribution < -0.4 is 0 Å². The Morgan fingerprint density at radius 1 is 1.15 bits per heavy atom. The van der Waals surface area contributed by atoms with E-state index in [1.54, 1.807) is 11.8 Å². The van der Waals surface area contributed by atoms with Crippen molar-refractivity contribution < 1.29 is 0 Å². The lowest BCUT2D eigenvalue weighted by Gasteiger charge is -2.08. The standard InChI is InChI=1S/C15H14N2S.C2H6/c1-12(7-8-16)13-9-15(11-17-10-13)18-14-5-3-2-4-6-14;1-2/h2-6,9-12H,7H2,1H3;1-2H3. The highest BCUT2D eigenvalue weighted by Gasteiger charge is 2.06. The maximum atomic E-state index is 8.73. The smallest absolute Gasteiger partial charge is 0.0628 e. The molecule has 0 saturated heterocycles. The summed E-state index contributed by atoms with van der Waals surface area (Å²) in [4.78, 5) is 6.57. The van der Waals surface area contributed by atoms with Crippen molar-refractivity contribution in [3.05, 3.63) is 54.4 Å². The molecule has 1 unspecified atom stereocenters. The fourth-order valence-corrected chi connectivity index (χ4v) is 2.51. The zero-order chi connectivity index (χ0) is 14.8. The van der Waals surface area contributed by atoms with Gasteiger partial charge in [-0.15, -0.1) is 0 Å². The van der Waals surface area contributed by atoms with E-state index in [0.29, 0.717) is 6.42 Å². The van der Waals surface area contributed by atoms with Gasteiger partial charge in [-0.05, 0) is 29.7 Å². The molecule has 1 aromatic carbocycles. The second-order valence-electron chi connectivity index (χ2n) is 4.13. The molecule has 0 bridgehead atoms. The van der Waals surface area contributed by atoms with Gasteiger partial charge in [0.25, 0.3) is 0 Å². The molecule has 0 aliphatic carbocycles. The molecular formula is C17H20N2S. The summed E-state index contributed by atoms with van der Waals surface area (Å²) in [5.74, 6) is 0.235. The Morgan fingerprint density at radius 2 is 1.85 bits per heavy atom. The number of aromatic nitrogens is 1. The van der Waals surface area contributed by atoms with Gasteiger partial charge in [0.2, 0.25) is 0 Å². The first kappa shape index (κ1) is 16.3. The van der Waals surface area contributed by atoms with E-state index in [1.165, 1.54) is 4.90 Å². The van der Waals surface area contributed by atoms with Crippen LogP contribution in [-0.4, -0.2) is 4.98 Å². The quantitative estimate of drug-likeness (QED) is 0.766. The van der Waals surface area contributed by atoms with Gasteiger partial charge in [0.1, 0.15) is 0 Å². The third kappa shape index (κ3) is 5.07. The Morgan fingerprint density at radius 3 is 2.50 bits per heavy atom. The highest BCUT2D eigenvalue weighted by molar-refractivity contribution is 7.99. The summed E-state index contributed by atoms with van der Waals surface area (Å²) in [6.45, 7) is 6.05. The van der Waals surface area contributed by atoms with Gasteiger partial charge in [-0.3, -0.25) is 4.98 Å². The normalized spacial score (nSPS) is 10.9. The molecule has 3 heteroatoms. The SMILES string of the molecule is CC.CC(CC#N)c1cncc(Sc2ccccc2)c1. The van der Waals surface area contributed by atoms with Crippen molar-refractivity contribution in [2.24, 2.45) is 0 Å². The predicted molar refractivity (Wildman–Crippen MR) is 84.8 cm³/mol. The second-order valence-corrected chi connectivity index (χ2v) is 5.28. The van der Waals surface area contributed by atoms with Gasteiger partial charge in [0.15, 0.2) is 0 Å². The van der Waals surface area contributed by atoms with Crippen LogP contribution in [0.1, 0.15) is 38.7 Å². The molecule has 0 fully saturated rings. The van der Waals surface area contributed by atoms with Crippen LogP contribution in [0.2, 0.25) is 0 Å². The number of pyridine rings is 1. The van der Waals surface area contributed by atoms with Crippen LogP contribution in [0, 0.1) is 11.3 Å². The number of hydrogen-bond acceptors (Lipinski definition) is 3. The van der Waals surface area contributed by atoms with E-state index < -0.39 is 0 Å². The van der Waals surface area contributed by atoms with E-state index in [0.717, 1.165) is 10.5 Å². The third-order valence-electron chi connectivity index (χ3n) is 2.68. The van der Waals surface area contributed by atoms with Crippen LogP contribution >= 0.6 is 11.8 Å². The number of rotatable bonds is 4. The molecule has 1 aromatic heterocycles. The molecule has 2 aromatic rings. The molecule has 0 spiro atoms. The molecule has 1 heterocycles. The van der Waals surface area contributed by atoms with E-state index in [1.807, 2.05) is 44.4 Å². The Kier molecular flexibility index (Phi) is 7.46. The van der Waals surface area contributed by atoms with Gasteiger partial charge >= 0.3 is 0 Å². The first-order chi connectivity index (χ1) is 9.79. The van der Waals surface area contributed by atoms with E-state index in [9.17, 15) is 0 Å². The molecule has 0 saturated carbocycles. The molecule has 2 nitrogen and oxygen atoms in total. The van der Waals surface area contributed by atoms with E-state index >= 15 is 0 Å². The minimum absolute atomic E-state index is 0.235. The topological polar surface area (TPSA) is 36.7 Å². The van der Waals surface area contributed by atoms with Gasteiger partial charge in [-0.2, -0.15) is 5.26 Å². The van der Waals surface area contributed by atoms with Crippen molar-refractivity contribution >= 4 is 11.8 Å². The Balaban J connectivity index is 0.000000956. The molecule has 1 atom stereocenters. The summed E-state index contributed by atoms with van der Waals surface area (Å²) < 4.78 is 0. The van der Waals surface area contributed by atoms with Crippen molar-refractivity contribution in [3.8, 4) is 6.07 Å². The molecular weight excluding hydrogens is 264 g/mol. The summed E-state index contributed by atoms with van der Waals surface area (Å²) >= 11 is 1.69. The number of benzene rings is 1. The first-order valence-corrected chi connectivity index (χ1v) is 7.66. The zero-order valence-corrected chi connectivity index (χ0v) is 13.0. The van der Waals surface area contributed by atoms with Gasteiger partial charge < -0.3 is 0 Å². The highest BCUT2D eigenvalue weighted by Crippen LogP contribution is 2.29. The van der Waals surface area contributed by atoms with E-state index in [4.69, 9.17) is 5.26 Å². The minimum Gasteiger partial charge on any atom is -0.263 e. The zero-order valence-electron chi connectivity index (χ0n) is 12.2. The number of nitriles is 1. The van der Waals surface area contributed by atoms with Gasteiger partial charge in [0.05, 0.1) is 6.07 Å². The monoisotopic (exact) mass is 284 g/mol. The summed E-state index contributed by atoms with van der Waals surface area (Å²) in [7, 11) is 0. The van der Waals surface area contributed by atoms with Crippen molar-refractivity contribution in [3.63, 3.8) is 0 Å². The largest absolute Gasteiger partial charge is 0.263 e. The van der Waals surface area contributed by atoms with E-state index in [-0.39, 0.29) is 5.92 Å². The highest BCUT2D eigenvalue weighted by atomic mass is 32.2. The van der Waals surface area contributed by atoms with Crippen LogP contribution in [0.3, 0.4) is 0 Å². The maximum absolute atomic E-state index is 8.73. The lowest BCUT2D eigenvalue weighted by atomic mass is 10.0. The molecule has 0 radical (unpaired) electrons. The first-order valence-electron chi connectivity index (χ1n) is 6.84. The van der Waals surface area contributed by atoms with Crippen LogP contribution in [0.25, 0.3) is 0 Å². The van der Waals surface area contributed by atoms with Crippen molar-refractivity contribution in [2.75, 3.05) is 0 Å². The lowest BCUT2D eigenvalue weighted by Crippen LogP contribution is -1.93.